The van der Waals surface area contributed by atoms with Crippen LogP contribution in [0.5, 0.6) is 0 Å². The summed E-state index contributed by atoms with van der Waals surface area (Å²) in [6.07, 6.45) is 1.62. The Bertz CT molecular complexity index is 1050. The fraction of sp³-hybridized carbons (Fsp3) is 0.318. The van der Waals surface area contributed by atoms with E-state index in [1.807, 2.05) is 47.9 Å². The van der Waals surface area contributed by atoms with Crippen molar-refractivity contribution in [3.63, 3.8) is 0 Å². The zero-order valence-electron chi connectivity index (χ0n) is 17.3. The number of ether oxygens (including phenoxy) is 1. The zero-order valence-corrected chi connectivity index (χ0v) is 18.8. The number of anilines is 1. The standard InChI is InChI=1S/C22H24ClN5O2S/c1-16-6-7-18(12-19(16)23)28-15-24-26-22(28)31-14-21(29)25-20-5-3-2-4-17(20)13-27-8-10-30-11-9-27/h2-7,12,15H,8-11,13-14H2,1H3,(H,25,29). The molecule has 1 aliphatic rings. The molecule has 0 radical (unpaired) electrons. The maximum Gasteiger partial charge on any atom is 0.234 e. The summed E-state index contributed by atoms with van der Waals surface area (Å²) in [4.78, 5) is 15.0. The third-order valence-electron chi connectivity index (χ3n) is 5.07. The van der Waals surface area contributed by atoms with E-state index in [0.717, 1.165) is 55.3 Å². The maximum atomic E-state index is 12.7. The van der Waals surface area contributed by atoms with Crippen LogP contribution in [-0.4, -0.2) is 57.6 Å². The van der Waals surface area contributed by atoms with Crippen LogP contribution in [-0.2, 0) is 16.1 Å². The molecule has 1 saturated heterocycles. The molecule has 0 bridgehead atoms. The summed E-state index contributed by atoms with van der Waals surface area (Å²) in [6, 6.07) is 13.7. The van der Waals surface area contributed by atoms with Crippen LogP contribution in [0.2, 0.25) is 5.02 Å². The molecule has 0 aliphatic carbocycles. The van der Waals surface area contributed by atoms with E-state index in [0.29, 0.717) is 10.2 Å². The smallest absolute Gasteiger partial charge is 0.234 e. The van der Waals surface area contributed by atoms with Crippen molar-refractivity contribution in [1.82, 2.24) is 19.7 Å². The van der Waals surface area contributed by atoms with Crippen LogP contribution in [0.1, 0.15) is 11.1 Å². The summed E-state index contributed by atoms with van der Waals surface area (Å²) in [5, 5.41) is 12.5. The average Bonchev–Trinajstić information content (AvgIpc) is 3.25. The Morgan fingerprint density at radius 3 is 2.84 bits per heavy atom. The normalized spacial score (nSPS) is 14.5. The molecule has 1 fully saturated rings. The third kappa shape index (κ3) is 5.65. The second kappa shape index (κ2) is 10.3. The summed E-state index contributed by atoms with van der Waals surface area (Å²) >= 11 is 7.58. The Hall–Kier alpha value is -2.39. The molecule has 4 rings (SSSR count). The van der Waals surface area contributed by atoms with Gasteiger partial charge in [-0.25, -0.2) is 0 Å². The van der Waals surface area contributed by atoms with E-state index in [1.54, 1.807) is 6.33 Å². The first kappa shape index (κ1) is 21.8. The SMILES string of the molecule is Cc1ccc(-n2cnnc2SCC(=O)Nc2ccccc2CN2CCOCC2)cc1Cl. The average molecular weight is 458 g/mol. The highest BCUT2D eigenvalue weighted by molar-refractivity contribution is 7.99. The molecule has 9 heteroatoms. The van der Waals surface area contributed by atoms with Crippen molar-refractivity contribution in [3.05, 3.63) is 64.9 Å². The van der Waals surface area contributed by atoms with Crippen LogP contribution >= 0.6 is 23.4 Å². The van der Waals surface area contributed by atoms with Gasteiger partial charge in [-0.05, 0) is 36.2 Å². The molecule has 1 aliphatic heterocycles. The molecule has 162 valence electrons. The van der Waals surface area contributed by atoms with Gasteiger partial charge < -0.3 is 10.1 Å². The maximum absolute atomic E-state index is 12.7. The van der Waals surface area contributed by atoms with Gasteiger partial charge in [0.15, 0.2) is 5.16 Å². The molecule has 31 heavy (non-hydrogen) atoms. The van der Waals surface area contributed by atoms with Crippen molar-refractivity contribution in [2.45, 2.75) is 18.6 Å². The topological polar surface area (TPSA) is 72.3 Å². The molecular weight excluding hydrogens is 434 g/mol. The van der Waals surface area contributed by atoms with Crippen molar-refractivity contribution >= 4 is 35.0 Å². The van der Waals surface area contributed by atoms with Crippen LogP contribution in [0.25, 0.3) is 5.69 Å². The van der Waals surface area contributed by atoms with Gasteiger partial charge in [0.1, 0.15) is 6.33 Å². The monoisotopic (exact) mass is 457 g/mol. The molecule has 7 nitrogen and oxygen atoms in total. The summed E-state index contributed by atoms with van der Waals surface area (Å²) in [6.45, 7) is 6.04. The number of carbonyl (C=O) groups excluding carboxylic acids is 1. The van der Waals surface area contributed by atoms with Gasteiger partial charge in [0.25, 0.3) is 0 Å². The molecule has 0 spiro atoms. The fourth-order valence-electron chi connectivity index (χ4n) is 3.33. The lowest BCUT2D eigenvalue weighted by Gasteiger charge is -2.27. The summed E-state index contributed by atoms with van der Waals surface area (Å²) < 4.78 is 7.25. The van der Waals surface area contributed by atoms with Crippen molar-refractivity contribution < 1.29 is 9.53 Å². The van der Waals surface area contributed by atoms with E-state index < -0.39 is 0 Å². The largest absolute Gasteiger partial charge is 0.379 e. The molecule has 1 aromatic heterocycles. The van der Waals surface area contributed by atoms with Crippen LogP contribution in [0.3, 0.4) is 0 Å². The number of aromatic nitrogens is 3. The predicted octanol–water partition coefficient (Wildman–Crippen LogP) is 3.79. The number of morpholine rings is 1. The van der Waals surface area contributed by atoms with Crippen molar-refractivity contribution in [1.29, 1.82) is 0 Å². The number of halogens is 1. The first-order valence-electron chi connectivity index (χ1n) is 10.1. The highest BCUT2D eigenvalue weighted by atomic mass is 35.5. The lowest BCUT2D eigenvalue weighted by Crippen LogP contribution is -2.35. The molecule has 1 N–H and O–H groups in total. The minimum absolute atomic E-state index is 0.0871. The molecule has 0 atom stereocenters. The molecule has 0 unspecified atom stereocenters. The van der Waals surface area contributed by atoms with Gasteiger partial charge >= 0.3 is 0 Å². The highest BCUT2D eigenvalue weighted by Gasteiger charge is 2.15. The molecule has 2 heterocycles. The first-order valence-corrected chi connectivity index (χ1v) is 11.4. The number of rotatable bonds is 7. The van der Waals surface area contributed by atoms with E-state index in [4.69, 9.17) is 16.3 Å². The number of benzene rings is 2. The van der Waals surface area contributed by atoms with Gasteiger partial charge in [-0.15, -0.1) is 10.2 Å². The van der Waals surface area contributed by atoms with E-state index in [-0.39, 0.29) is 11.7 Å². The molecular formula is C22H24ClN5O2S. The molecule has 2 aromatic carbocycles. The van der Waals surface area contributed by atoms with Crippen LogP contribution in [0.15, 0.2) is 53.9 Å². The Balaban J connectivity index is 1.38. The lowest BCUT2D eigenvalue weighted by molar-refractivity contribution is -0.113. The van der Waals surface area contributed by atoms with Gasteiger partial charge in [0.05, 0.1) is 24.7 Å². The summed E-state index contributed by atoms with van der Waals surface area (Å²) in [7, 11) is 0. The van der Waals surface area contributed by atoms with E-state index >= 15 is 0 Å². The Labute approximate surface area is 190 Å². The van der Waals surface area contributed by atoms with Crippen molar-refractivity contribution in [2.75, 3.05) is 37.4 Å². The minimum atomic E-state index is -0.0871. The number of amides is 1. The number of nitrogens with one attached hydrogen (secondary N) is 1. The Kier molecular flexibility index (Phi) is 7.24. The highest BCUT2D eigenvalue weighted by Crippen LogP contribution is 2.24. The number of nitrogens with zero attached hydrogens (tertiary/aromatic N) is 4. The number of para-hydroxylation sites is 1. The van der Waals surface area contributed by atoms with E-state index in [1.165, 1.54) is 11.8 Å². The second-order valence-corrected chi connectivity index (χ2v) is 8.65. The summed E-state index contributed by atoms with van der Waals surface area (Å²) in [5.74, 6) is 0.139. The fourth-order valence-corrected chi connectivity index (χ4v) is 4.23. The van der Waals surface area contributed by atoms with Crippen LogP contribution in [0, 0.1) is 6.92 Å². The number of thioether (sulfide) groups is 1. The third-order valence-corrected chi connectivity index (χ3v) is 6.42. The number of aryl methyl sites for hydroxylation is 1. The van der Waals surface area contributed by atoms with Gasteiger partial charge in [-0.1, -0.05) is 47.6 Å². The quantitative estimate of drug-likeness (QED) is 0.544. The number of hydrogen-bond acceptors (Lipinski definition) is 6. The minimum Gasteiger partial charge on any atom is -0.379 e. The van der Waals surface area contributed by atoms with Crippen LogP contribution in [0.4, 0.5) is 5.69 Å². The van der Waals surface area contributed by atoms with Crippen molar-refractivity contribution in [3.8, 4) is 5.69 Å². The van der Waals surface area contributed by atoms with Crippen LogP contribution < -0.4 is 5.32 Å². The van der Waals surface area contributed by atoms with Gasteiger partial charge in [0.2, 0.25) is 5.91 Å². The van der Waals surface area contributed by atoms with Crippen molar-refractivity contribution in [2.24, 2.45) is 0 Å². The Morgan fingerprint density at radius 2 is 2.03 bits per heavy atom. The summed E-state index contributed by atoms with van der Waals surface area (Å²) in [5.41, 5.74) is 3.80. The predicted molar refractivity (Wildman–Crippen MR) is 123 cm³/mol. The molecule has 3 aromatic rings. The Morgan fingerprint density at radius 1 is 1.23 bits per heavy atom. The second-order valence-electron chi connectivity index (χ2n) is 7.30. The van der Waals surface area contributed by atoms with E-state index in [9.17, 15) is 4.79 Å². The number of carbonyl (C=O) groups is 1. The zero-order chi connectivity index (χ0) is 21.6. The first-order chi connectivity index (χ1) is 15.1. The van der Waals surface area contributed by atoms with E-state index in [2.05, 4.69) is 26.5 Å². The molecule has 1 amide bonds. The van der Waals surface area contributed by atoms with Gasteiger partial charge in [-0.2, -0.15) is 0 Å². The van der Waals surface area contributed by atoms with Gasteiger partial charge in [-0.3, -0.25) is 14.3 Å². The lowest BCUT2D eigenvalue weighted by atomic mass is 10.1. The van der Waals surface area contributed by atoms with Gasteiger partial charge in [0, 0.05) is 30.3 Å². The molecule has 0 saturated carbocycles. The number of hydrogen-bond donors (Lipinski definition) is 1.